The molecule has 10 heteroatoms. The lowest BCUT2D eigenvalue weighted by molar-refractivity contribution is 0.0698. The number of sulfonamides is 1. The number of benzene rings is 2. The molecule has 1 amide bonds. The van der Waals surface area contributed by atoms with Crippen LogP contribution in [0.5, 0.6) is 0 Å². The Bertz CT molecular complexity index is 960. The van der Waals surface area contributed by atoms with Gasteiger partial charge in [0.15, 0.2) is 0 Å². The number of carboxylic acids is 1. The molecule has 8 nitrogen and oxygen atoms in total. The first-order chi connectivity index (χ1) is 12.6. The zero-order valence-electron chi connectivity index (χ0n) is 14.1. The molecule has 27 heavy (non-hydrogen) atoms. The van der Waals surface area contributed by atoms with Crippen LogP contribution in [-0.2, 0) is 10.0 Å². The van der Waals surface area contributed by atoms with Crippen molar-refractivity contribution >= 4 is 43.5 Å². The van der Waals surface area contributed by atoms with Crippen molar-refractivity contribution in [2.45, 2.75) is 17.9 Å². The molecule has 144 valence electrons. The summed E-state index contributed by atoms with van der Waals surface area (Å²) < 4.78 is 27.1. The van der Waals surface area contributed by atoms with Gasteiger partial charge in [-0.3, -0.25) is 4.79 Å². The van der Waals surface area contributed by atoms with Crippen molar-refractivity contribution in [2.75, 3.05) is 11.9 Å². The van der Waals surface area contributed by atoms with E-state index in [0.29, 0.717) is 4.47 Å². The summed E-state index contributed by atoms with van der Waals surface area (Å²) in [6.07, 6.45) is 0. The van der Waals surface area contributed by atoms with Gasteiger partial charge in [-0.2, -0.15) is 0 Å². The number of anilines is 1. The van der Waals surface area contributed by atoms with Crippen LogP contribution in [0.2, 0.25) is 0 Å². The molecule has 0 fully saturated rings. The summed E-state index contributed by atoms with van der Waals surface area (Å²) in [6, 6.07) is 8.88. The van der Waals surface area contributed by atoms with Gasteiger partial charge in [0.2, 0.25) is 10.0 Å². The Kier molecular flexibility index (Phi) is 6.71. The quantitative estimate of drug-likeness (QED) is 0.503. The maximum atomic E-state index is 12.3. The van der Waals surface area contributed by atoms with Crippen molar-refractivity contribution in [2.24, 2.45) is 0 Å². The molecule has 1 unspecified atom stereocenters. The largest absolute Gasteiger partial charge is 0.478 e. The van der Waals surface area contributed by atoms with Gasteiger partial charge in [0.1, 0.15) is 0 Å². The molecule has 1 atom stereocenters. The molecule has 0 aliphatic heterocycles. The Balaban J connectivity index is 2.21. The van der Waals surface area contributed by atoms with Gasteiger partial charge in [-0.25, -0.2) is 17.9 Å². The van der Waals surface area contributed by atoms with Crippen molar-refractivity contribution in [1.82, 2.24) is 4.72 Å². The number of nitrogens with one attached hydrogen (secondary N) is 2. The van der Waals surface area contributed by atoms with Crippen LogP contribution >= 0.6 is 15.9 Å². The smallest absolute Gasteiger partial charge is 0.337 e. The zero-order chi connectivity index (χ0) is 20.2. The van der Waals surface area contributed by atoms with E-state index in [1.165, 1.54) is 43.3 Å². The average molecular weight is 457 g/mol. The van der Waals surface area contributed by atoms with Gasteiger partial charge in [0.05, 0.1) is 22.8 Å². The molecular formula is C17H17BrN2O6S. The van der Waals surface area contributed by atoms with Crippen molar-refractivity contribution in [3.05, 3.63) is 58.1 Å². The third-order valence-corrected chi connectivity index (χ3v) is 5.62. The third kappa shape index (κ3) is 5.36. The number of hydrogen-bond acceptors (Lipinski definition) is 5. The van der Waals surface area contributed by atoms with Crippen LogP contribution in [0.1, 0.15) is 27.6 Å². The van der Waals surface area contributed by atoms with Crippen LogP contribution in [-0.4, -0.2) is 43.2 Å². The lowest BCUT2D eigenvalue weighted by Crippen LogP contribution is -2.35. The van der Waals surface area contributed by atoms with E-state index in [4.69, 9.17) is 5.11 Å². The minimum Gasteiger partial charge on any atom is -0.478 e. The SMILES string of the molecule is CC(CO)NS(=O)(=O)c1ccc(C(=O)Nc2ccc(Br)cc2C(=O)O)cc1. The van der Waals surface area contributed by atoms with E-state index in [2.05, 4.69) is 26.0 Å². The summed E-state index contributed by atoms with van der Waals surface area (Å²) in [5, 5.41) is 20.7. The number of carbonyl (C=O) groups excluding carboxylic acids is 1. The predicted octanol–water partition coefficient (Wildman–Crippen LogP) is 2.06. The molecule has 0 saturated carbocycles. The lowest BCUT2D eigenvalue weighted by atomic mass is 10.1. The van der Waals surface area contributed by atoms with Crippen molar-refractivity contribution in [3.8, 4) is 0 Å². The van der Waals surface area contributed by atoms with Crippen LogP contribution in [0, 0.1) is 0 Å². The number of carboxylic acid groups (broad SMARTS) is 1. The summed E-state index contributed by atoms with van der Waals surface area (Å²) in [7, 11) is -3.82. The fourth-order valence-electron chi connectivity index (χ4n) is 2.15. The molecule has 2 aromatic carbocycles. The minimum absolute atomic E-state index is 0.0609. The van der Waals surface area contributed by atoms with Crippen LogP contribution in [0.3, 0.4) is 0 Å². The standard InChI is InChI=1S/C17H17BrN2O6S/c1-10(9-21)20-27(25,26)13-5-2-11(3-6-13)16(22)19-15-7-4-12(18)8-14(15)17(23)24/h2-8,10,20-21H,9H2,1H3,(H,19,22)(H,23,24). The lowest BCUT2D eigenvalue weighted by Gasteiger charge is -2.12. The molecule has 0 aliphatic rings. The fraction of sp³-hybridized carbons (Fsp3) is 0.176. The average Bonchev–Trinajstić information content (AvgIpc) is 2.62. The van der Waals surface area contributed by atoms with Gasteiger partial charge in [-0.1, -0.05) is 15.9 Å². The predicted molar refractivity (Wildman–Crippen MR) is 102 cm³/mol. The molecule has 0 radical (unpaired) electrons. The number of aliphatic hydroxyl groups excluding tert-OH is 1. The Hall–Kier alpha value is -2.27. The highest BCUT2D eigenvalue weighted by atomic mass is 79.9. The van der Waals surface area contributed by atoms with E-state index < -0.39 is 27.9 Å². The van der Waals surface area contributed by atoms with Gasteiger partial charge < -0.3 is 15.5 Å². The van der Waals surface area contributed by atoms with Gasteiger partial charge in [-0.15, -0.1) is 0 Å². The number of halogens is 1. The molecule has 0 spiro atoms. The summed E-state index contributed by atoms with van der Waals surface area (Å²) >= 11 is 3.17. The number of rotatable bonds is 7. The molecule has 0 aliphatic carbocycles. The maximum Gasteiger partial charge on any atom is 0.337 e. The second-order valence-electron chi connectivity index (χ2n) is 5.68. The Labute approximate surface area is 164 Å². The number of aliphatic hydroxyl groups is 1. The molecule has 0 aromatic heterocycles. The molecular weight excluding hydrogens is 440 g/mol. The van der Waals surface area contributed by atoms with Crippen LogP contribution in [0.25, 0.3) is 0 Å². The van der Waals surface area contributed by atoms with E-state index in [9.17, 15) is 23.1 Å². The minimum atomic E-state index is -3.82. The number of aromatic carboxylic acids is 1. The van der Waals surface area contributed by atoms with E-state index in [-0.39, 0.29) is 28.3 Å². The monoisotopic (exact) mass is 456 g/mol. The summed E-state index contributed by atoms with van der Waals surface area (Å²) in [5.74, 6) is -1.78. The number of carbonyl (C=O) groups is 2. The van der Waals surface area contributed by atoms with Crippen molar-refractivity contribution < 1.29 is 28.2 Å². The highest BCUT2D eigenvalue weighted by molar-refractivity contribution is 9.10. The maximum absolute atomic E-state index is 12.3. The Morgan fingerprint density at radius 3 is 2.33 bits per heavy atom. The summed E-state index contributed by atoms with van der Waals surface area (Å²) in [5.41, 5.74) is 0.188. The molecule has 4 N–H and O–H groups in total. The normalized spacial score (nSPS) is 12.4. The van der Waals surface area contributed by atoms with E-state index in [1.807, 2.05) is 0 Å². The van der Waals surface area contributed by atoms with Crippen molar-refractivity contribution in [1.29, 1.82) is 0 Å². The molecule has 0 bridgehead atoms. The second kappa shape index (κ2) is 8.61. The topological polar surface area (TPSA) is 133 Å². The van der Waals surface area contributed by atoms with Gasteiger partial charge in [0, 0.05) is 16.1 Å². The highest BCUT2D eigenvalue weighted by Gasteiger charge is 2.18. The van der Waals surface area contributed by atoms with Crippen molar-refractivity contribution in [3.63, 3.8) is 0 Å². The summed E-state index contributed by atoms with van der Waals surface area (Å²) in [6.45, 7) is 1.16. The van der Waals surface area contributed by atoms with Gasteiger partial charge >= 0.3 is 5.97 Å². The first kappa shape index (κ1) is 21.0. The molecule has 2 rings (SSSR count). The Morgan fingerprint density at radius 2 is 1.78 bits per heavy atom. The fourth-order valence-corrected chi connectivity index (χ4v) is 3.75. The number of amides is 1. The van der Waals surface area contributed by atoms with E-state index >= 15 is 0 Å². The van der Waals surface area contributed by atoms with Gasteiger partial charge in [0.25, 0.3) is 5.91 Å². The molecule has 0 heterocycles. The molecule has 0 saturated heterocycles. The third-order valence-electron chi connectivity index (χ3n) is 3.52. The second-order valence-corrected chi connectivity index (χ2v) is 8.31. The highest BCUT2D eigenvalue weighted by Crippen LogP contribution is 2.22. The first-order valence-corrected chi connectivity index (χ1v) is 9.99. The zero-order valence-corrected chi connectivity index (χ0v) is 16.5. The van der Waals surface area contributed by atoms with E-state index in [0.717, 1.165) is 0 Å². The Morgan fingerprint density at radius 1 is 1.15 bits per heavy atom. The van der Waals surface area contributed by atoms with E-state index in [1.54, 1.807) is 6.07 Å². The molecule has 2 aromatic rings. The van der Waals surface area contributed by atoms with Crippen LogP contribution < -0.4 is 10.0 Å². The van der Waals surface area contributed by atoms with Crippen LogP contribution in [0.4, 0.5) is 5.69 Å². The first-order valence-electron chi connectivity index (χ1n) is 7.71. The number of hydrogen-bond donors (Lipinski definition) is 4. The summed E-state index contributed by atoms with van der Waals surface area (Å²) in [4.78, 5) is 23.6. The van der Waals surface area contributed by atoms with Gasteiger partial charge in [-0.05, 0) is 49.4 Å². The van der Waals surface area contributed by atoms with Crippen LogP contribution in [0.15, 0.2) is 51.8 Å².